The smallest absolute Gasteiger partial charge is 0.230 e. The number of hydrogen-bond acceptors (Lipinski definition) is 4. The Labute approximate surface area is 196 Å². The summed E-state index contributed by atoms with van der Waals surface area (Å²) in [5.41, 5.74) is 3.24. The summed E-state index contributed by atoms with van der Waals surface area (Å²) < 4.78 is 0. The van der Waals surface area contributed by atoms with E-state index in [1.54, 1.807) is 0 Å². The van der Waals surface area contributed by atoms with Gasteiger partial charge in [-0.2, -0.15) is 0 Å². The number of nitrogens with one attached hydrogen (secondary N) is 1. The minimum absolute atomic E-state index is 0.000592. The lowest BCUT2D eigenvalue weighted by Crippen LogP contribution is -2.45. The van der Waals surface area contributed by atoms with Crippen LogP contribution in [0, 0.1) is 11.8 Å². The summed E-state index contributed by atoms with van der Waals surface area (Å²) in [5, 5.41) is 3.10. The fourth-order valence-electron chi connectivity index (χ4n) is 5.66. The Kier molecular flexibility index (Phi) is 6.60. The van der Waals surface area contributed by atoms with Crippen molar-refractivity contribution in [3.8, 4) is 0 Å². The Hall–Kier alpha value is -2.89. The summed E-state index contributed by atoms with van der Waals surface area (Å²) in [6.45, 7) is 3.32. The van der Waals surface area contributed by atoms with E-state index < -0.39 is 0 Å². The van der Waals surface area contributed by atoms with Crippen LogP contribution >= 0.6 is 0 Å². The molecule has 1 N–H and O–H groups in total. The molecule has 3 aliphatic rings. The van der Waals surface area contributed by atoms with Gasteiger partial charge in [-0.3, -0.25) is 9.59 Å². The summed E-state index contributed by atoms with van der Waals surface area (Å²) in [6, 6.07) is 12.3. The molecule has 1 aromatic heterocycles. The molecule has 2 aromatic rings. The van der Waals surface area contributed by atoms with Crippen molar-refractivity contribution in [3.05, 3.63) is 53.7 Å². The van der Waals surface area contributed by atoms with Gasteiger partial charge in [0.15, 0.2) is 0 Å². The second-order valence-corrected chi connectivity index (χ2v) is 9.66. The lowest BCUT2D eigenvalue weighted by molar-refractivity contribution is -0.135. The van der Waals surface area contributed by atoms with Crippen LogP contribution in [0.5, 0.6) is 0 Å². The van der Waals surface area contributed by atoms with Gasteiger partial charge in [0.1, 0.15) is 5.82 Å². The zero-order chi connectivity index (χ0) is 22.6. The van der Waals surface area contributed by atoms with Crippen molar-refractivity contribution in [2.24, 2.45) is 11.8 Å². The number of fused-ring (bicyclic) bond motifs is 1. The fourth-order valence-corrected chi connectivity index (χ4v) is 5.66. The molecule has 1 saturated heterocycles. The number of pyridine rings is 1. The van der Waals surface area contributed by atoms with Crippen LogP contribution in [0.3, 0.4) is 0 Å². The number of anilines is 2. The molecule has 1 saturated carbocycles. The van der Waals surface area contributed by atoms with Gasteiger partial charge >= 0.3 is 0 Å². The van der Waals surface area contributed by atoms with Crippen LogP contribution in [0.25, 0.3) is 0 Å². The van der Waals surface area contributed by atoms with Crippen molar-refractivity contribution in [2.75, 3.05) is 29.4 Å². The average Bonchev–Trinajstić information content (AvgIpc) is 3.32. The van der Waals surface area contributed by atoms with Crippen molar-refractivity contribution in [1.82, 2.24) is 10.3 Å². The fraction of sp³-hybridized carbons (Fsp3) is 0.519. The SMILES string of the molecule is O=C(NCc1ccc(N2CCCCC2)nc1)C1CCCCC1C(=O)N1CCc2ccccc21. The Morgan fingerprint density at radius 3 is 2.48 bits per heavy atom. The monoisotopic (exact) mass is 446 g/mol. The van der Waals surface area contributed by atoms with Gasteiger partial charge in [0.2, 0.25) is 11.8 Å². The van der Waals surface area contributed by atoms with Crippen molar-refractivity contribution in [2.45, 2.75) is 57.9 Å². The molecule has 0 radical (unpaired) electrons. The van der Waals surface area contributed by atoms with Crippen LogP contribution in [-0.2, 0) is 22.6 Å². The first-order valence-corrected chi connectivity index (χ1v) is 12.6. The standard InChI is InChI=1S/C27H34N4O2/c32-26(29-19-20-12-13-25(28-18-20)30-15-6-1-7-16-30)22-9-3-4-10-23(22)27(33)31-17-14-21-8-2-5-11-24(21)31/h2,5,8,11-13,18,22-23H,1,3-4,6-7,9-10,14-17,19H2,(H,29,32). The summed E-state index contributed by atoms with van der Waals surface area (Å²) >= 11 is 0. The second kappa shape index (κ2) is 9.94. The number of para-hydroxylation sites is 1. The van der Waals surface area contributed by atoms with E-state index in [2.05, 4.69) is 33.4 Å². The van der Waals surface area contributed by atoms with E-state index in [-0.39, 0.29) is 23.7 Å². The second-order valence-electron chi connectivity index (χ2n) is 9.66. The normalized spacial score (nSPS) is 22.7. The molecule has 0 spiro atoms. The number of amides is 2. The predicted octanol–water partition coefficient (Wildman–Crippen LogP) is 4.08. The number of benzene rings is 1. The van der Waals surface area contributed by atoms with E-state index in [0.717, 1.165) is 68.8 Å². The molecule has 2 fully saturated rings. The molecule has 5 rings (SSSR count). The third kappa shape index (κ3) is 4.75. The van der Waals surface area contributed by atoms with E-state index in [1.165, 1.54) is 24.8 Å². The van der Waals surface area contributed by atoms with Gasteiger partial charge < -0.3 is 15.1 Å². The van der Waals surface area contributed by atoms with Crippen molar-refractivity contribution in [3.63, 3.8) is 0 Å². The molecule has 2 atom stereocenters. The van der Waals surface area contributed by atoms with Crippen molar-refractivity contribution < 1.29 is 9.59 Å². The lowest BCUT2D eigenvalue weighted by Gasteiger charge is -2.32. The molecule has 174 valence electrons. The molecular weight excluding hydrogens is 412 g/mol. The van der Waals surface area contributed by atoms with Crippen LogP contribution in [0.2, 0.25) is 0 Å². The van der Waals surface area contributed by atoms with Gasteiger partial charge in [-0.15, -0.1) is 0 Å². The Balaban J connectivity index is 1.21. The van der Waals surface area contributed by atoms with E-state index in [9.17, 15) is 9.59 Å². The van der Waals surface area contributed by atoms with Crippen molar-refractivity contribution >= 4 is 23.3 Å². The Morgan fingerprint density at radius 2 is 1.70 bits per heavy atom. The van der Waals surface area contributed by atoms with Crippen molar-refractivity contribution in [1.29, 1.82) is 0 Å². The highest BCUT2D eigenvalue weighted by Crippen LogP contribution is 2.36. The summed E-state index contributed by atoms with van der Waals surface area (Å²) in [5.74, 6) is 0.658. The van der Waals surface area contributed by atoms with Crippen LogP contribution in [-0.4, -0.2) is 36.4 Å². The maximum absolute atomic E-state index is 13.5. The molecule has 6 nitrogen and oxygen atoms in total. The number of hydrogen-bond donors (Lipinski definition) is 1. The zero-order valence-electron chi connectivity index (χ0n) is 19.3. The number of piperidine rings is 1. The number of nitrogens with zero attached hydrogens (tertiary/aromatic N) is 3. The minimum Gasteiger partial charge on any atom is -0.357 e. The number of carbonyl (C=O) groups excluding carboxylic acids is 2. The molecule has 2 aliphatic heterocycles. The lowest BCUT2D eigenvalue weighted by atomic mass is 9.77. The maximum Gasteiger partial charge on any atom is 0.230 e. The van der Waals surface area contributed by atoms with E-state index in [0.29, 0.717) is 6.54 Å². The molecule has 2 amide bonds. The maximum atomic E-state index is 13.5. The summed E-state index contributed by atoms with van der Waals surface area (Å²) in [6.07, 6.45) is 10.1. The van der Waals surface area contributed by atoms with Gasteiger partial charge in [-0.05, 0) is 61.8 Å². The highest BCUT2D eigenvalue weighted by atomic mass is 16.2. The van der Waals surface area contributed by atoms with Crippen LogP contribution < -0.4 is 15.1 Å². The van der Waals surface area contributed by atoms with E-state index in [4.69, 9.17) is 0 Å². The third-order valence-corrected chi connectivity index (χ3v) is 7.53. The number of aromatic nitrogens is 1. The predicted molar refractivity (Wildman–Crippen MR) is 130 cm³/mol. The number of carbonyl (C=O) groups is 2. The van der Waals surface area contributed by atoms with Crippen LogP contribution in [0.15, 0.2) is 42.6 Å². The molecular formula is C27H34N4O2. The molecule has 33 heavy (non-hydrogen) atoms. The third-order valence-electron chi connectivity index (χ3n) is 7.53. The van der Waals surface area contributed by atoms with Gasteiger partial charge in [-0.1, -0.05) is 37.1 Å². The Bertz CT molecular complexity index is 984. The molecule has 3 heterocycles. The van der Waals surface area contributed by atoms with Gasteiger partial charge in [0, 0.05) is 44.0 Å². The quantitative estimate of drug-likeness (QED) is 0.752. The number of rotatable bonds is 5. The topological polar surface area (TPSA) is 65.5 Å². The Morgan fingerprint density at radius 1 is 0.909 bits per heavy atom. The van der Waals surface area contributed by atoms with E-state index >= 15 is 0 Å². The molecule has 1 aliphatic carbocycles. The molecule has 2 unspecified atom stereocenters. The van der Waals surface area contributed by atoms with Crippen LogP contribution in [0.1, 0.15) is 56.1 Å². The largest absolute Gasteiger partial charge is 0.357 e. The molecule has 6 heteroatoms. The van der Waals surface area contributed by atoms with Gasteiger partial charge in [0.05, 0.1) is 5.92 Å². The first-order valence-electron chi connectivity index (χ1n) is 12.6. The zero-order valence-corrected chi connectivity index (χ0v) is 19.3. The highest BCUT2D eigenvalue weighted by Gasteiger charge is 2.39. The molecule has 1 aromatic carbocycles. The summed E-state index contributed by atoms with van der Waals surface area (Å²) in [4.78, 5) is 35.5. The van der Waals surface area contributed by atoms with E-state index in [1.807, 2.05) is 29.3 Å². The average molecular weight is 447 g/mol. The first-order chi connectivity index (χ1) is 16.2. The first kappa shape index (κ1) is 21.9. The summed E-state index contributed by atoms with van der Waals surface area (Å²) in [7, 11) is 0. The van der Waals surface area contributed by atoms with Gasteiger partial charge in [0.25, 0.3) is 0 Å². The van der Waals surface area contributed by atoms with Crippen LogP contribution in [0.4, 0.5) is 11.5 Å². The van der Waals surface area contributed by atoms with Gasteiger partial charge in [-0.25, -0.2) is 4.98 Å². The highest BCUT2D eigenvalue weighted by molar-refractivity contribution is 5.99. The minimum atomic E-state index is -0.250. The molecule has 0 bridgehead atoms.